The molecule has 0 saturated heterocycles. The van der Waals surface area contributed by atoms with Crippen LogP contribution in [0.4, 0.5) is 0 Å². The van der Waals surface area contributed by atoms with Gasteiger partial charge in [-0.05, 0) is 25.0 Å². The number of carbonyl (C=O) groups excluding carboxylic acids is 1. The smallest absolute Gasteiger partial charge is 0.287 e. The third kappa shape index (κ3) is 4.60. The number of hydrogen-bond acceptors (Lipinski definition) is 3. The molecule has 1 amide bonds. The third-order valence-corrected chi connectivity index (χ3v) is 4.31. The van der Waals surface area contributed by atoms with Gasteiger partial charge in [0.05, 0.1) is 7.11 Å². The van der Waals surface area contributed by atoms with Gasteiger partial charge in [-0.1, -0.05) is 49.2 Å². The highest BCUT2D eigenvalue weighted by Crippen LogP contribution is 2.21. The zero-order valence-electron chi connectivity index (χ0n) is 11.8. The van der Waals surface area contributed by atoms with E-state index in [1.54, 1.807) is 5.41 Å². The van der Waals surface area contributed by atoms with Crippen molar-refractivity contribution < 1.29 is 9.53 Å². The fourth-order valence-corrected chi connectivity index (χ4v) is 3.08. The number of hydrogen-bond donors (Lipinski definition) is 1. The van der Waals surface area contributed by atoms with Gasteiger partial charge in [0.15, 0.2) is 5.76 Å². The molecule has 0 spiro atoms. The van der Waals surface area contributed by atoms with Crippen molar-refractivity contribution in [3.05, 3.63) is 41.5 Å². The van der Waals surface area contributed by atoms with E-state index in [9.17, 15) is 4.79 Å². The van der Waals surface area contributed by atoms with E-state index >= 15 is 0 Å². The van der Waals surface area contributed by atoms with E-state index in [0.717, 1.165) is 17.7 Å². The summed E-state index contributed by atoms with van der Waals surface area (Å²) in [5.74, 6) is 0.271. The summed E-state index contributed by atoms with van der Waals surface area (Å²) >= 11 is 1.50. The van der Waals surface area contributed by atoms with Gasteiger partial charge in [0.2, 0.25) is 0 Å². The Morgan fingerprint density at radius 3 is 2.60 bits per heavy atom. The molecule has 2 rings (SSSR count). The maximum Gasteiger partial charge on any atom is 0.287 e. The Kier molecular flexibility index (Phi) is 5.99. The first-order chi connectivity index (χ1) is 9.79. The summed E-state index contributed by atoms with van der Waals surface area (Å²) in [5.41, 5.74) is 0. The quantitative estimate of drug-likeness (QED) is 0.510. The highest BCUT2D eigenvalue weighted by atomic mass is 32.2. The Balaban J connectivity index is 1.90. The maximum atomic E-state index is 12.1. The normalized spacial score (nSPS) is 16.8. The maximum absolute atomic E-state index is 12.1. The highest BCUT2D eigenvalue weighted by Gasteiger charge is 2.18. The fraction of sp³-hybridized carbons (Fsp3) is 0.438. The van der Waals surface area contributed by atoms with Crippen molar-refractivity contribution in [1.29, 1.82) is 0 Å². The lowest BCUT2D eigenvalue weighted by Gasteiger charge is -2.22. The van der Waals surface area contributed by atoms with Gasteiger partial charge in [-0.2, -0.15) is 0 Å². The molecule has 0 heterocycles. The number of ether oxygens (including phenoxy) is 1. The van der Waals surface area contributed by atoms with E-state index in [2.05, 4.69) is 5.32 Å². The molecule has 3 nitrogen and oxygen atoms in total. The second kappa shape index (κ2) is 8.00. The van der Waals surface area contributed by atoms with Crippen LogP contribution in [0.2, 0.25) is 0 Å². The summed E-state index contributed by atoms with van der Waals surface area (Å²) in [6, 6.07) is 10.2. The van der Waals surface area contributed by atoms with E-state index in [4.69, 9.17) is 4.74 Å². The lowest BCUT2D eigenvalue weighted by molar-refractivity contribution is -0.121. The Labute approximate surface area is 124 Å². The number of amides is 1. The minimum Gasteiger partial charge on any atom is -0.491 e. The molecule has 20 heavy (non-hydrogen) atoms. The van der Waals surface area contributed by atoms with Gasteiger partial charge < -0.3 is 10.1 Å². The van der Waals surface area contributed by atoms with Crippen LogP contribution in [-0.2, 0) is 9.53 Å². The van der Waals surface area contributed by atoms with E-state index in [-0.39, 0.29) is 5.91 Å². The van der Waals surface area contributed by atoms with Crippen molar-refractivity contribution in [3.63, 3.8) is 0 Å². The van der Waals surface area contributed by atoms with Crippen molar-refractivity contribution in [3.8, 4) is 0 Å². The van der Waals surface area contributed by atoms with Gasteiger partial charge in [0, 0.05) is 16.3 Å². The lowest BCUT2D eigenvalue weighted by Crippen LogP contribution is -2.37. The Morgan fingerprint density at radius 2 is 1.95 bits per heavy atom. The Hall–Kier alpha value is -1.42. The molecule has 1 aliphatic carbocycles. The average Bonchev–Trinajstić information content (AvgIpc) is 2.50. The van der Waals surface area contributed by atoms with Crippen LogP contribution in [0.1, 0.15) is 32.1 Å². The predicted octanol–water partition coefficient (Wildman–Crippen LogP) is 3.72. The largest absolute Gasteiger partial charge is 0.491 e. The summed E-state index contributed by atoms with van der Waals surface area (Å²) in [4.78, 5) is 13.2. The van der Waals surface area contributed by atoms with Gasteiger partial charge in [0.1, 0.15) is 0 Å². The number of methoxy groups -OCH3 is 1. The summed E-state index contributed by atoms with van der Waals surface area (Å²) < 4.78 is 5.20. The third-order valence-electron chi connectivity index (χ3n) is 3.43. The summed E-state index contributed by atoms with van der Waals surface area (Å²) in [6.07, 6.45) is 5.85. The second-order valence-electron chi connectivity index (χ2n) is 4.93. The number of benzene rings is 1. The zero-order chi connectivity index (χ0) is 14.2. The fourth-order valence-electron chi connectivity index (χ4n) is 2.32. The molecule has 1 N–H and O–H groups in total. The number of rotatable bonds is 5. The SMILES string of the molecule is CO/C(=C/Sc1ccccc1)C(=O)NC1CCCCC1. The first-order valence-corrected chi connectivity index (χ1v) is 7.94. The Bertz CT molecular complexity index is 453. The van der Waals surface area contributed by atoms with E-state index in [1.165, 1.54) is 38.1 Å². The van der Waals surface area contributed by atoms with Crippen LogP contribution in [0.3, 0.4) is 0 Å². The van der Waals surface area contributed by atoms with Gasteiger partial charge in [-0.3, -0.25) is 4.79 Å². The number of carbonyl (C=O) groups is 1. The minimum atomic E-state index is -0.108. The molecule has 108 valence electrons. The van der Waals surface area contributed by atoms with Crippen molar-refractivity contribution in [2.45, 2.75) is 43.0 Å². The first kappa shape index (κ1) is 15.0. The van der Waals surface area contributed by atoms with Crippen molar-refractivity contribution in [1.82, 2.24) is 5.32 Å². The molecule has 1 aromatic rings. The van der Waals surface area contributed by atoms with E-state index in [0.29, 0.717) is 11.8 Å². The average molecular weight is 291 g/mol. The van der Waals surface area contributed by atoms with Crippen LogP contribution < -0.4 is 5.32 Å². The molecule has 0 atom stereocenters. The van der Waals surface area contributed by atoms with E-state index < -0.39 is 0 Å². The van der Waals surface area contributed by atoms with Gasteiger partial charge >= 0.3 is 0 Å². The monoisotopic (exact) mass is 291 g/mol. The number of nitrogens with one attached hydrogen (secondary N) is 1. The van der Waals surface area contributed by atoms with Crippen LogP contribution >= 0.6 is 11.8 Å². The molecular weight excluding hydrogens is 270 g/mol. The van der Waals surface area contributed by atoms with Crippen LogP contribution in [0.5, 0.6) is 0 Å². The van der Waals surface area contributed by atoms with E-state index in [1.807, 2.05) is 30.3 Å². The molecule has 0 aliphatic heterocycles. The minimum absolute atomic E-state index is 0.108. The van der Waals surface area contributed by atoms with Crippen LogP contribution in [0.15, 0.2) is 46.4 Å². The Morgan fingerprint density at radius 1 is 1.25 bits per heavy atom. The van der Waals surface area contributed by atoms with Crippen LogP contribution in [-0.4, -0.2) is 19.1 Å². The lowest BCUT2D eigenvalue weighted by atomic mass is 9.95. The molecule has 0 unspecified atom stereocenters. The molecular formula is C16H21NO2S. The standard InChI is InChI=1S/C16H21NO2S/c1-19-15(12-20-14-10-6-3-7-11-14)16(18)17-13-8-4-2-5-9-13/h3,6-7,10-13H,2,4-5,8-9H2,1H3,(H,17,18)/b15-12+. The summed E-state index contributed by atoms with van der Waals surface area (Å²) in [7, 11) is 1.54. The summed E-state index contributed by atoms with van der Waals surface area (Å²) in [6.45, 7) is 0. The molecule has 0 bridgehead atoms. The zero-order valence-corrected chi connectivity index (χ0v) is 12.6. The highest BCUT2D eigenvalue weighted by molar-refractivity contribution is 8.02. The van der Waals surface area contributed by atoms with Gasteiger partial charge in [0.25, 0.3) is 5.91 Å². The molecule has 0 radical (unpaired) electrons. The molecule has 1 saturated carbocycles. The molecule has 0 aromatic heterocycles. The van der Waals surface area contributed by atoms with Crippen molar-refractivity contribution in [2.24, 2.45) is 0 Å². The summed E-state index contributed by atoms with van der Waals surface area (Å²) in [5, 5.41) is 4.83. The molecule has 1 aliphatic rings. The van der Waals surface area contributed by atoms with Gasteiger partial charge in [-0.25, -0.2) is 0 Å². The van der Waals surface area contributed by atoms with Gasteiger partial charge in [-0.15, -0.1) is 0 Å². The first-order valence-electron chi connectivity index (χ1n) is 7.06. The van der Waals surface area contributed by atoms with Crippen LogP contribution in [0.25, 0.3) is 0 Å². The van der Waals surface area contributed by atoms with Crippen LogP contribution in [0, 0.1) is 0 Å². The van der Waals surface area contributed by atoms with Crippen molar-refractivity contribution >= 4 is 17.7 Å². The molecule has 1 fully saturated rings. The predicted molar refractivity (Wildman–Crippen MR) is 82.4 cm³/mol. The van der Waals surface area contributed by atoms with Crippen molar-refractivity contribution in [2.75, 3.05) is 7.11 Å². The topological polar surface area (TPSA) is 38.3 Å². The molecule has 1 aromatic carbocycles. The number of thioether (sulfide) groups is 1. The molecule has 4 heteroatoms. The second-order valence-corrected chi connectivity index (χ2v) is 5.87.